The summed E-state index contributed by atoms with van der Waals surface area (Å²) in [6.07, 6.45) is 2.96. The van der Waals surface area contributed by atoms with E-state index in [1.54, 1.807) is 7.11 Å². The third-order valence-electron chi connectivity index (χ3n) is 3.99. The number of ether oxygens (including phenoxy) is 2. The number of carbonyl (C=O) groups excluding carboxylic acids is 2. The summed E-state index contributed by atoms with van der Waals surface area (Å²) in [5.41, 5.74) is 0.959. The van der Waals surface area contributed by atoms with Crippen LogP contribution in [0.5, 0.6) is 0 Å². The number of nitrogens with zero attached hydrogens (tertiary/aromatic N) is 3. The molecule has 0 unspecified atom stereocenters. The minimum Gasteiger partial charge on any atom is -0.383 e. The number of aromatic nitrogens is 3. The second kappa shape index (κ2) is 9.73. The van der Waals surface area contributed by atoms with Crippen molar-refractivity contribution in [2.75, 3.05) is 26.9 Å². The zero-order valence-corrected chi connectivity index (χ0v) is 19.5. The van der Waals surface area contributed by atoms with E-state index in [1.807, 2.05) is 6.92 Å². The van der Waals surface area contributed by atoms with Crippen LogP contribution in [0, 0.1) is 0 Å². The fourth-order valence-electron chi connectivity index (χ4n) is 2.53. The second-order valence-corrected chi connectivity index (χ2v) is 14.3. The van der Waals surface area contributed by atoms with Gasteiger partial charge in [0.25, 0.3) is 11.8 Å². The van der Waals surface area contributed by atoms with Crippen LogP contribution in [0.25, 0.3) is 11.2 Å². The topological polar surface area (TPSA) is 95.3 Å². The van der Waals surface area contributed by atoms with Gasteiger partial charge in [-0.15, -0.1) is 0 Å². The van der Waals surface area contributed by atoms with E-state index >= 15 is 0 Å². The van der Waals surface area contributed by atoms with Crippen molar-refractivity contribution in [3.8, 4) is 0 Å². The molecule has 10 heteroatoms. The Balaban J connectivity index is 2.22. The van der Waals surface area contributed by atoms with Crippen molar-refractivity contribution in [1.82, 2.24) is 19.9 Å². The first kappa shape index (κ1) is 22.7. The molecule has 1 N–H and O–H groups in total. The van der Waals surface area contributed by atoms with E-state index in [2.05, 4.69) is 50.9 Å². The monoisotopic (exact) mass is 470 g/mol. The molecule has 0 aromatic carbocycles. The summed E-state index contributed by atoms with van der Waals surface area (Å²) in [6, 6.07) is 0.793. The van der Waals surface area contributed by atoms with Gasteiger partial charge in [-0.3, -0.25) is 14.2 Å². The van der Waals surface area contributed by atoms with Crippen molar-refractivity contribution in [3.63, 3.8) is 0 Å². The number of methoxy groups -OCH3 is 1. The fraction of sp³-hybridized carbons (Fsp3) is 0.556. The average molecular weight is 471 g/mol. The van der Waals surface area contributed by atoms with Crippen LogP contribution in [0.15, 0.2) is 17.0 Å². The molecule has 0 saturated heterocycles. The number of halogens is 1. The van der Waals surface area contributed by atoms with E-state index in [4.69, 9.17) is 9.47 Å². The maximum absolute atomic E-state index is 12.7. The maximum Gasteiger partial charge on any atom is 0.258 e. The molecule has 0 aliphatic carbocycles. The van der Waals surface area contributed by atoms with Gasteiger partial charge in [0, 0.05) is 34.0 Å². The summed E-state index contributed by atoms with van der Waals surface area (Å²) < 4.78 is 12.4. The third-order valence-corrected chi connectivity index (χ3v) is 6.08. The molecular weight excluding hydrogens is 444 g/mol. The van der Waals surface area contributed by atoms with Crippen molar-refractivity contribution in [1.29, 1.82) is 0 Å². The van der Waals surface area contributed by atoms with Gasteiger partial charge < -0.3 is 14.8 Å². The highest BCUT2D eigenvalue weighted by molar-refractivity contribution is 9.10. The normalized spacial score (nSPS) is 12.9. The lowest BCUT2D eigenvalue weighted by molar-refractivity contribution is 0.0702. The average Bonchev–Trinajstić information content (AvgIpc) is 2.96. The van der Waals surface area contributed by atoms with E-state index in [-0.39, 0.29) is 30.0 Å². The van der Waals surface area contributed by atoms with Gasteiger partial charge in [-0.25, -0.2) is 9.97 Å². The lowest BCUT2D eigenvalue weighted by Crippen LogP contribution is -2.35. The standard InChI is InChI=1S/C18H27BrN4O4Si/c1-12(10-26-2)21-18(25)13-9-23(17-16(13)22-14(19)8-20-17)15(24)11-27-6-7-28(3,4)5/h8-9,12H,6-7,10-11H2,1-5H3,(H,21,25)/t12-/m0/s1. The fourth-order valence-corrected chi connectivity index (χ4v) is 3.56. The number of rotatable bonds is 9. The van der Waals surface area contributed by atoms with Gasteiger partial charge in [0.15, 0.2) is 5.65 Å². The minimum absolute atomic E-state index is 0.0762. The molecule has 0 saturated carbocycles. The number of hydrogen-bond donors (Lipinski definition) is 1. The van der Waals surface area contributed by atoms with Crippen LogP contribution in [0.4, 0.5) is 0 Å². The molecule has 28 heavy (non-hydrogen) atoms. The van der Waals surface area contributed by atoms with Crippen molar-refractivity contribution in [2.24, 2.45) is 0 Å². The molecule has 0 spiro atoms. The Morgan fingerprint density at radius 3 is 2.71 bits per heavy atom. The quantitative estimate of drug-likeness (QED) is 0.446. The van der Waals surface area contributed by atoms with Crippen LogP contribution in [-0.2, 0) is 9.47 Å². The largest absolute Gasteiger partial charge is 0.383 e. The molecule has 2 rings (SSSR count). The molecule has 0 bridgehead atoms. The Morgan fingerprint density at radius 1 is 1.36 bits per heavy atom. The van der Waals surface area contributed by atoms with Gasteiger partial charge in [0.2, 0.25) is 0 Å². The molecule has 2 aromatic heterocycles. The van der Waals surface area contributed by atoms with Gasteiger partial charge >= 0.3 is 0 Å². The number of amides is 1. The SMILES string of the molecule is COC[C@H](C)NC(=O)c1cn(C(=O)COCC[Si](C)(C)C)c2ncc(Br)nc12. The second-order valence-electron chi connectivity index (χ2n) is 7.86. The Morgan fingerprint density at radius 2 is 2.07 bits per heavy atom. The first-order valence-electron chi connectivity index (χ1n) is 9.06. The summed E-state index contributed by atoms with van der Waals surface area (Å²) >= 11 is 3.27. The molecular formula is C18H27BrN4O4Si. The van der Waals surface area contributed by atoms with Crippen LogP contribution in [0.2, 0.25) is 25.7 Å². The van der Waals surface area contributed by atoms with Crippen LogP contribution in [-0.4, -0.2) is 67.4 Å². The highest BCUT2D eigenvalue weighted by Gasteiger charge is 2.22. The third kappa shape index (κ3) is 6.19. The zero-order valence-electron chi connectivity index (χ0n) is 16.9. The van der Waals surface area contributed by atoms with Crippen LogP contribution in [0.1, 0.15) is 22.1 Å². The zero-order chi connectivity index (χ0) is 20.9. The molecule has 0 radical (unpaired) electrons. The van der Waals surface area contributed by atoms with E-state index < -0.39 is 8.07 Å². The van der Waals surface area contributed by atoms with E-state index in [0.717, 1.165) is 6.04 Å². The Kier molecular flexibility index (Phi) is 7.87. The number of nitrogens with one attached hydrogen (secondary N) is 1. The van der Waals surface area contributed by atoms with Gasteiger partial charge in [0.1, 0.15) is 16.7 Å². The number of carbonyl (C=O) groups is 2. The predicted molar refractivity (Wildman–Crippen MR) is 114 cm³/mol. The van der Waals surface area contributed by atoms with Crippen LogP contribution >= 0.6 is 15.9 Å². The number of fused-ring (bicyclic) bond motifs is 1. The highest BCUT2D eigenvalue weighted by Crippen LogP contribution is 2.20. The van der Waals surface area contributed by atoms with Crippen LogP contribution in [0.3, 0.4) is 0 Å². The molecule has 2 heterocycles. The van der Waals surface area contributed by atoms with Crippen molar-refractivity contribution < 1.29 is 19.1 Å². The Hall–Kier alpha value is -1.62. The van der Waals surface area contributed by atoms with E-state index in [1.165, 1.54) is 17.0 Å². The summed E-state index contributed by atoms with van der Waals surface area (Å²) in [7, 11) is 0.342. The summed E-state index contributed by atoms with van der Waals surface area (Å²) in [5.74, 6) is -0.630. The van der Waals surface area contributed by atoms with Crippen molar-refractivity contribution >= 4 is 47.0 Å². The molecule has 154 valence electrons. The summed E-state index contributed by atoms with van der Waals surface area (Å²) in [6.45, 7) is 9.43. The van der Waals surface area contributed by atoms with Crippen LogP contribution < -0.4 is 5.32 Å². The first-order valence-corrected chi connectivity index (χ1v) is 13.6. The molecule has 2 aromatic rings. The highest BCUT2D eigenvalue weighted by atomic mass is 79.9. The molecule has 0 aliphatic heterocycles. The maximum atomic E-state index is 12.7. The van der Waals surface area contributed by atoms with Gasteiger partial charge in [-0.05, 0) is 28.9 Å². The molecule has 1 atom stereocenters. The predicted octanol–water partition coefficient (Wildman–Crippen LogP) is 2.95. The van der Waals surface area contributed by atoms with Crippen molar-refractivity contribution in [2.45, 2.75) is 38.7 Å². The Bertz CT molecular complexity index is 850. The molecule has 0 fully saturated rings. The lowest BCUT2D eigenvalue weighted by atomic mass is 10.2. The minimum atomic E-state index is -1.23. The van der Waals surface area contributed by atoms with E-state index in [9.17, 15) is 9.59 Å². The molecule has 1 amide bonds. The van der Waals surface area contributed by atoms with Gasteiger partial charge in [-0.2, -0.15) is 0 Å². The summed E-state index contributed by atoms with van der Waals surface area (Å²) in [4.78, 5) is 33.9. The van der Waals surface area contributed by atoms with Gasteiger partial charge in [-0.1, -0.05) is 19.6 Å². The molecule has 8 nitrogen and oxygen atoms in total. The van der Waals surface area contributed by atoms with E-state index in [0.29, 0.717) is 29.0 Å². The summed E-state index contributed by atoms with van der Waals surface area (Å²) in [5, 5.41) is 2.83. The Labute approximate surface area is 174 Å². The number of hydrogen-bond acceptors (Lipinski definition) is 6. The molecule has 0 aliphatic rings. The van der Waals surface area contributed by atoms with Gasteiger partial charge in [0.05, 0.1) is 18.4 Å². The lowest BCUT2D eigenvalue weighted by Gasteiger charge is -2.15. The first-order chi connectivity index (χ1) is 13.1. The van der Waals surface area contributed by atoms with Crippen molar-refractivity contribution in [3.05, 3.63) is 22.6 Å². The smallest absolute Gasteiger partial charge is 0.258 e.